The molecule has 0 aliphatic heterocycles. The number of thioether (sulfide) groups is 1. The largest absolute Gasteiger partial charge is 0.366 e. The summed E-state index contributed by atoms with van der Waals surface area (Å²) in [6.07, 6.45) is 0. The second-order valence-corrected chi connectivity index (χ2v) is 5.70. The van der Waals surface area contributed by atoms with Crippen molar-refractivity contribution in [1.29, 1.82) is 0 Å². The first-order valence-electron chi connectivity index (χ1n) is 6.22. The summed E-state index contributed by atoms with van der Waals surface area (Å²) in [6.45, 7) is 3.56. The summed E-state index contributed by atoms with van der Waals surface area (Å²) in [4.78, 5) is 27.2. The van der Waals surface area contributed by atoms with Crippen molar-refractivity contribution in [2.75, 3.05) is 5.32 Å². The first kappa shape index (κ1) is 15.0. The molecule has 2 amide bonds. The van der Waals surface area contributed by atoms with Crippen LogP contribution in [0.15, 0.2) is 29.4 Å². The molecule has 1 heterocycles. The van der Waals surface area contributed by atoms with Gasteiger partial charge in [-0.1, -0.05) is 11.8 Å². The molecule has 1 aromatic heterocycles. The predicted octanol–water partition coefficient (Wildman–Crippen LogP) is 1.33. The third-order valence-electron chi connectivity index (χ3n) is 2.67. The number of carbonyl (C=O) groups is 2. The Bertz CT molecular complexity index is 653. The zero-order chi connectivity index (χ0) is 15.4. The minimum Gasteiger partial charge on any atom is -0.366 e. The van der Waals surface area contributed by atoms with Gasteiger partial charge in [0.2, 0.25) is 17.0 Å². The van der Waals surface area contributed by atoms with Gasteiger partial charge < -0.3 is 11.1 Å². The van der Waals surface area contributed by atoms with Crippen LogP contribution in [0.4, 0.5) is 5.69 Å². The number of primary amides is 1. The van der Waals surface area contributed by atoms with Crippen LogP contribution in [0.3, 0.4) is 0 Å². The number of carbonyl (C=O) groups excluding carboxylic acids is 2. The molecule has 0 aliphatic rings. The summed E-state index contributed by atoms with van der Waals surface area (Å²) in [5, 5.41) is 9.63. The maximum atomic E-state index is 12.1. The Labute approximate surface area is 125 Å². The summed E-state index contributed by atoms with van der Waals surface area (Å²) >= 11 is 1.26. The molecule has 0 fully saturated rings. The third kappa shape index (κ3) is 4.06. The topological polar surface area (TPSA) is 114 Å². The number of hydrogen-bond acceptors (Lipinski definition) is 5. The van der Waals surface area contributed by atoms with Crippen molar-refractivity contribution in [3.05, 3.63) is 35.7 Å². The maximum Gasteiger partial charge on any atom is 0.248 e. The Hall–Kier alpha value is -2.35. The first-order valence-corrected chi connectivity index (χ1v) is 7.10. The van der Waals surface area contributed by atoms with E-state index in [-0.39, 0.29) is 11.2 Å². The molecule has 2 aromatic rings. The van der Waals surface area contributed by atoms with Crippen molar-refractivity contribution in [2.45, 2.75) is 24.3 Å². The molecular weight excluding hydrogens is 290 g/mol. The summed E-state index contributed by atoms with van der Waals surface area (Å²) in [7, 11) is 0. The molecule has 1 unspecified atom stereocenters. The number of H-pyrrole nitrogens is 1. The summed E-state index contributed by atoms with van der Waals surface area (Å²) in [5.74, 6) is 0.0261. The van der Waals surface area contributed by atoms with Crippen LogP contribution in [0.1, 0.15) is 23.1 Å². The average Bonchev–Trinajstić information content (AvgIpc) is 2.84. The molecule has 4 N–H and O–H groups in total. The van der Waals surface area contributed by atoms with E-state index in [1.165, 1.54) is 11.8 Å². The molecule has 2 rings (SSSR count). The van der Waals surface area contributed by atoms with Gasteiger partial charge in [-0.2, -0.15) is 0 Å². The van der Waals surface area contributed by atoms with Crippen molar-refractivity contribution in [2.24, 2.45) is 5.73 Å². The standard InChI is InChI=1S/C13H15N5O2S/c1-7(21-13-15-8(2)17-18-13)12(20)16-10-5-3-9(4-6-10)11(14)19/h3-7H,1-2H3,(H2,14,19)(H,16,20)(H,15,17,18). The zero-order valence-corrected chi connectivity index (χ0v) is 12.4. The quantitative estimate of drug-likeness (QED) is 0.721. The van der Waals surface area contributed by atoms with E-state index in [1.54, 1.807) is 38.1 Å². The Kier molecular flexibility index (Phi) is 4.59. The lowest BCUT2D eigenvalue weighted by atomic mass is 10.2. The van der Waals surface area contributed by atoms with Gasteiger partial charge in [0.15, 0.2) is 0 Å². The molecule has 0 saturated heterocycles. The van der Waals surface area contributed by atoms with Crippen LogP contribution in [0.5, 0.6) is 0 Å². The summed E-state index contributed by atoms with van der Waals surface area (Å²) in [6, 6.07) is 6.39. The van der Waals surface area contributed by atoms with Gasteiger partial charge in [0.1, 0.15) is 5.82 Å². The lowest BCUT2D eigenvalue weighted by molar-refractivity contribution is -0.115. The molecule has 21 heavy (non-hydrogen) atoms. The van der Waals surface area contributed by atoms with E-state index in [0.717, 1.165) is 0 Å². The Balaban J connectivity index is 1.95. The molecule has 8 heteroatoms. The number of hydrogen-bond donors (Lipinski definition) is 3. The fraction of sp³-hybridized carbons (Fsp3) is 0.231. The fourth-order valence-corrected chi connectivity index (χ4v) is 2.32. The first-order chi connectivity index (χ1) is 9.95. The number of aryl methyl sites for hydroxylation is 1. The molecule has 0 bridgehead atoms. The van der Waals surface area contributed by atoms with E-state index < -0.39 is 5.91 Å². The van der Waals surface area contributed by atoms with Gasteiger partial charge in [0, 0.05) is 11.3 Å². The van der Waals surface area contributed by atoms with Crippen LogP contribution in [0, 0.1) is 6.92 Å². The van der Waals surface area contributed by atoms with E-state index in [1.807, 2.05) is 0 Å². The van der Waals surface area contributed by atoms with Gasteiger partial charge in [0.25, 0.3) is 0 Å². The smallest absolute Gasteiger partial charge is 0.248 e. The highest BCUT2D eigenvalue weighted by molar-refractivity contribution is 8.00. The number of anilines is 1. The van der Waals surface area contributed by atoms with Gasteiger partial charge in [-0.3, -0.25) is 14.7 Å². The number of rotatable bonds is 5. The monoisotopic (exact) mass is 305 g/mol. The van der Waals surface area contributed by atoms with E-state index in [9.17, 15) is 9.59 Å². The van der Waals surface area contributed by atoms with Crippen LogP contribution < -0.4 is 11.1 Å². The number of nitrogens with zero attached hydrogens (tertiary/aromatic N) is 2. The zero-order valence-electron chi connectivity index (χ0n) is 11.6. The van der Waals surface area contributed by atoms with Gasteiger partial charge >= 0.3 is 0 Å². The Morgan fingerprint density at radius 3 is 2.52 bits per heavy atom. The van der Waals surface area contributed by atoms with Gasteiger partial charge in [-0.25, -0.2) is 4.98 Å². The number of benzene rings is 1. The molecule has 1 atom stereocenters. The molecule has 0 radical (unpaired) electrons. The van der Waals surface area contributed by atoms with Gasteiger partial charge in [-0.15, -0.1) is 5.10 Å². The maximum absolute atomic E-state index is 12.1. The highest BCUT2D eigenvalue weighted by Crippen LogP contribution is 2.20. The number of aromatic nitrogens is 3. The SMILES string of the molecule is Cc1nc(SC(C)C(=O)Nc2ccc(C(N)=O)cc2)n[nH]1. The van der Waals surface area contributed by atoms with Crippen molar-refractivity contribution in [3.8, 4) is 0 Å². The van der Waals surface area contributed by atoms with E-state index >= 15 is 0 Å². The lowest BCUT2D eigenvalue weighted by Crippen LogP contribution is -2.22. The number of nitrogens with two attached hydrogens (primary N) is 1. The Morgan fingerprint density at radius 1 is 1.33 bits per heavy atom. The second-order valence-electron chi connectivity index (χ2n) is 4.39. The molecule has 0 aliphatic carbocycles. The second kappa shape index (κ2) is 6.40. The highest BCUT2D eigenvalue weighted by atomic mass is 32.2. The van der Waals surface area contributed by atoms with Crippen LogP contribution in [0.2, 0.25) is 0 Å². The molecule has 0 spiro atoms. The van der Waals surface area contributed by atoms with Gasteiger partial charge in [0.05, 0.1) is 5.25 Å². The molecule has 0 saturated carbocycles. The van der Waals surface area contributed by atoms with Crippen molar-refractivity contribution in [3.63, 3.8) is 0 Å². The summed E-state index contributed by atoms with van der Waals surface area (Å²) in [5.41, 5.74) is 6.15. The average molecular weight is 305 g/mol. The molecule has 1 aromatic carbocycles. The minimum atomic E-state index is -0.503. The van der Waals surface area contributed by atoms with Crippen LogP contribution in [-0.2, 0) is 4.79 Å². The van der Waals surface area contributed by atoms with Crippen LogP contribution >= 0.6 is 11.8 Å². The minimum absolute atomic E-state index is 0.172. The number of amides is 2. The van der Waals surface area contributed by atoms with Crippen molar-refractivity contribution < 1.29 is 9.59 Å². The normalized spacial score (nSPS) is 11.9. The van der Waals surface area contributed by atoms with Gasteiger partial charge in [-0.05, 0) is 38.1 Å². The number of nitrogens with one attached hydrogen (secondary N) is 2. The predicted molar refractivity (Wildman–Crippen MR) is 80.0 cm³/mol. The molecule has 110 valence electrons. The van der Waals surface area contributed by atoms with Crippen molar-refractivity contribution >= 4 is 29.3 Å². The number of aromatic amines is 1. The van der Waals surface area contributed by atoms with Crippen LogP contribution in [0.25, 0.3) is 0 Å². The van der Waals surface area contributed by atoms with Crippen LogP contribution in [-0.4, -0.2) is 32.2 Å². The lowest BCUT2D eigenvalue weighted by Gasteiger charge is -2.10. The van der Waals surface area contributed by atoms with E-state index in [2.05, 4.69) is 20.5 Å². The van der Waals surface area contributed by atoms with E-state index in [0.29, 0.717) is 22.2 Å². The fourth-order valence-electron chi connectivity index (χ4n) is 1.55. The summed E-state index contributed by atoms with van der Waals surface area (Å²) < 4.78 is 0. The van der Waals surface area contributed by atoms with E-state index in [4.69, 9.17) is 5.73 Å². The Morgan fingerprint density at radius 2 is 2.00 bits per heavy atom. The highest BCUT2D eigenvalue weighted by Gasteiger charge is 2.17. The molecule has 7 nitrogen and oxygen atoms in total. The third-order valence-corrected chi connectivity index (χ3v) is 3.63. The van der Waals surface area contributed by atoms with Crippen molar-refractivity contribution in [1.82, 2.24) is 15.2 Å². The molecular formula is C13H15N5O2S.